The zero-order valence-corrected chi connectivity index (χ0v) is 13.6. The van der Waals surface area contributed by atoms with Crippen molar-refractivity contribution in [1.82, 2.24) is 15.1 Å². The molecular weight excluding hydrogens is 335 g/mol. The number of β-amino-alcohol motifs (C(OH)–C–C–N with tert-alkyl or cyclic N) is 1. The van der Waals surface area contributed by atoms with Crippen LogP contribution in [0.1, 0.15) is 29.3 Å². The summed E-state index contributed by atoms with van der Waals surface area (Å²) in [5.41, 5.74) is 0.510. The number of hydrogen-bond donors (Lipinski definition) is 1. The third kappa shape index (κ3) is 4.08. The molecule has 2 heterocycles. The number of aromatic nitrogens is 2. The molecule has 0 unspecified atom stereocenters. The predicted molar refractivity (Wildman–Crippen MR) is 83.8 cm³/mol. The minimum absolute atomic E-state index is 0.304. The molecule has 0 radical (unpaired) electrons. The van der Waals surface area contributed by atoms with Gasteiger partial charge in [0.2, 0.25) is 5.88 Å². The zero-order valence-electron chi connectivity index (χ0n) is 13.6. The fraction of sp³-hybridized carbons (Fsp3) is 0.412. The van der Waals surface area contributed by atoms with Gasteiger partial charge in [-0.05, 0) is 30.2 Å². The molecular formula is C17H18F3N3O2. The largest absolute Gasteiger partial charge is 0.480 e. The van der Waals surface area contributed by atoms with Gasteiger partial charge < -0.3 is 9.84 Å². The zero-order chi connectivity index (χ0) is 18.0. The number of rotatable bonds is 4. The molecule has 0 aliphatic carbocycles. The van der Waals surface area contributed by atoms with Crippen LogP contribution in [0.4, 0.5) is 13.2 Å². The molecule has 2 aromatic rings. The van der Waals surface area contributed by atoms with Crippen molar-refractivity contribution in [1.29, 1.82) is 0 Å². The number of methoxy groups -OCH3 is 1. The number of nitrogens with zero attached hydrogens (tertiary/aromatic N) is 3. The van der Waals surface area contributed by atoms with Gasteiger partial charge in [-0.1, -0.05) is 12.1 Å². The van der Waals surface area contributed by atoms with E-state index in [-0.39, 0.29) is 6.04 Å². The van der Waals surface area contributed by atoms with Gasteiger partial charge in [0.05, 0.1) is 24.5 Å². The number of aliphatic hydroxyl groups is 1. The van der Waals surface area contributed by atoms with Crippen LogP contribution >= 0.6 is 0 Å². The summed E-state index contributed by atoms with van der Waals surface area (Å²) < 4.78 is 43.8. The van der Waals surface area contributed by atoms with Crippen LogP contribution in [0.3, 0.4) is 0 Å². The van der Waals surface area contributed by atoms with E-state index in [0.29, 0.717) is 36.6 Å². The van der Waals surface area contributed by atoms with E-state index in [1.165, 1.54) is 13.2 Å². The van der Waals surface area contributed by atoms with Crippen molar-refractivity contribution in [3.63, 3.8) is 0 Å². The van der Waals surface area contributed by atoms with E-state index in [4.69, 9.17) is 4.74 Å². The van der Waals surface area contributed by atoms with Crippen LogP contribution < -0.4 is 4.74 Å². The molecule has 8 heteroatoms. The molecule has 1 aliphatic heterocycles. The Hall–Kier alpha value is -2.19. The van der Waals surface area contributed by atoms with Gasteiger partial charge in [-0.15, -0.1) is 5.10 Å². The van der Waals surface area contributed by atoms with Crippen LogP contribution in [0, 0.1) is 0 Å². The summed E-state index contributed by atoms with van der Waals surface area (Å²) in [6.07, 6.45) is -4.60. The van der Waals surface area contributed by atoms with Crippen molar-refractivity contribution in [2.24, 2.45) is 0 Å². The number of alkyl halides is 3. The third-order valence-corrected chi connectivity index (χ3v) is 4.25. The quantitative estimate of drug-likeness (QED) is 0.916. The maximum absolute atomic E-state index is 13.0. The first-order chi connectivity index (χ1) is 11.9. The van der Waals surface area contributed by atoms with E-state index in [1.807, 2.05) is 4.90 Å². The molecule has 0 bridgehead atoms. The average Bonchev–Trinajstić information content (AvgIpc) is 2.95. The van der Waals surface area contributed by atoms with Crippen molar-refractivity contribution >= 4 is 0 Å². The summed E-state index contributed by atoms with van der Waals surface area (Å²) in [4.78, 5) is 1.91. The smallest absolute Gasteiger partial charge is 0.416 e. The first kappa shape index (κ1) is 17.6. The highest BCUT2D eigenvalue weighted by molar-refractivity contribution is 5.29. The second-order valence-electron chi connectivity index (χ2n) is 6.03. The lowest BCUT2D eigenvalue weighted by molar-refractivity contribution is -0.137. The summed E-state index contributed by atoms with van der Waals surface area (Å²) in [6.45, 7) is 0.754. The van der Waals surface area contributed by atoms with Crippen LogP contribution in [0.15, 0.2) is 36.4 Å². The van der Waals surface area contributed by atoms with Crippen LogP contribution in [0.2, 0.25) is 0 Å². The fourth-order valence-electron chi connectivity index (χ4n) is 3.07. The lowest BCUT2D eigenvalue weighted by atomic mass is 10.0. The molecule has 1 N–H and O–H groups in total. The summed E-state index contributed by atoms with van der Waals surface area (Å²) >= 11 is 0. The molecule has 1 aromatic carbocycles. The van der Waals surface area contributed by atoms with E-state index >= 15 is 0 Å². The first-order valence-corrected chi connectivity index (χ1v) is 7.82. The standard InChI is InChI=1S/C17H18F3N3O2/c1-25-16-6-5-13(21-22-16)9-23-10-14(24)8-15(23)11-3-2-4-12(7-11)17(18,19)20/h2-7,14-15,24H,8-10H2,1H3/t14-,15-/m0/s1. The molecule has 0 saturated carbocycles. The SMILES string of the molecule is COc1ccc(CN2C[C@@H](O)C[C@H]2c2cccc(C(F)(F)F)c2)nn1. The maximum Gasteiger partial charge on any atom is 0.416 e. The maximum atomic E-state index is 13.0. The van der Waals surface area contributed by atoms with Crippen LogP contribution in [0.5, 0.6) is 5.88 Å². The summed E-state index contributed by atoms with van der Waals surface area (Å²) in [7, 11) is 1.49. The van der Waals surface area contributed by atoms with Gasteiger partial charge in [0.1, 0.15) is 0 Å². The molecule has 5 nitrogen and oxygen atoms in total. The van der Waals surface area contributed by atoms with E-state index in [9.17, 15) is 18.3 Å². The Bertz CT molecular complexity index is 722. The van der Waals surface area contributed by atoms with Crippen molar-refractivity contribution < 1.29 is 23.0 Å². The number of hydrogen-bond acceptors (Lipinski definition) is 5. The second kappa shape index (κ2) is 6.97. The summed E-state index contributed by atoms with van der Waals surface area (Å²) in [5, 5.41) is 17.9. The van der Waals surface area contributed by atoms with Gasteiger partial charge in [-0.25, -0.2) is 0 Å². The Labute approximate surface area is 143 Å². The normalized spacial score (nSPS) is 21.5. The topological polar surface area (TPSA) is 58.5 Å². The van der Waals surface area contributed by atoms with Gasteiger partial charge >= 0.3 is 6.18 Å². The third-order valence-electron chi connectivity index (χ3n) is 4.25. The number of aliphatic hydroxyl groups excluding tert-OH is 1. The molecule has 134 valence electrons. The second-order valence-corrected chi connectivity index (χ2v) is 6.03. The van der Waals surface area contributed by atoms with E-state index in [0.717, 1.165) is 12.1 Å². The highest BCUT2D eigenvalue weighted by atomic mass is 19.4. The molecule has 1 aliphatic rings. The van der Waals surface area contributed by atoms with Gasteiger partial charge in [0, 0.05) is 25.2 Å². The molecule has 3 rings (SSSR count). The highest BCUT2D eigenvalue weighted by Crippen LogP contribution is 2.36. The van der Waals surface area contributed by atoms with E-state index in [2.05, 4.69) is 10.2 Å². The highest BCUT2D eigenvalue weighted by Gasteiger charge is 2.35. The lowest BCUT2D eigenvalue weighted by Gasteiger charge is -2.24. The fourth-order valence-corrected chi connectivity index (χ4v) is 3.07. The number of halogens is 3. The van der Waals surface area contributed by atoms with Gasteiger partial charge in [0.25, 0.3) is 0 Å². The minimum Gasteiger partial charge on any atom is -0.480 e. The van der Waals surface area contributed by atoms with Crippen molar-refractivity contribution in [2.45, 2.75) is 31.3 Å². The Morgan fingerprint density at radius 3 is 2.68 bits per heavy atom. The van der Waals surface area contributed by atoms with Crippen LogP contribution in [0.25, 0.3) is 0 Å². The lowest BCUT2D eigenvalue weighted by Crippen LogP contribution is -2.25. The number of likely N-dealkylation sites (tertiary alicyclic amines) is 1. The molecule has 1 saturated heterocycles. The van der Waals surface area contributed by atoms with Crippen LogP contribution in [-0.4, -0.2) is 40.0 Å². The van der Waals surface area contributed by atoms with Gasteiger partial charge in [-0.3, -0.25) is 4.90 Å². The molecule has 1 aromatic heterocycles. The van der Waals surface area contributed by atoms with Crippen molar-refractivity contribution in [3.05, 3.63) is 53.2 Å². The Balaban J connectivity index is 1.81. The Morgan fingerprint density at radius 2 is 2.04 bits per heavy atom. The van der Waals surface area contributed by atoms with Crippen LogP contribution in [-0.2, 0) is 12.7 Å². The molecule has 0 spiro atoms. The Kier molecular flexibility index (Phi) is 4.91. The first-order valence-electron chi connectivity index (χ1n) is 7.82. The number of benzene rings is 1. The predicted octanol–water partition coefficient (Wildman–Crippen LogP) is 2.81. The minimum atomic E-state index is -4.39. The monoisotopic (exact) mass is 353 g/mol. The average molecular weight is 353 g/mol. The van der Waals surface area contributed by atoms with Crippen molar-refractivity contribution in [2.75, 3.05) is 13.7 Å². The molecule has 0 amide bonds. The van der Waals surface area contributed by atoms with Gasteiger partial charge in [-0.2, -0.15) is 18.3 Å². The van der Waals surface area contributed by atoms with E-state index < -0.39 is 17.8 Å². The summed E-state index contributed by atoms with van der Waals surface area (Å²) in [6, 6.07) is 8.37. The summed E-state index contributed by atoms with van der Waals surface area (Å²) in [5.74, 6) is 0.389. The number of ether oxygens (including phenoxy) is 1. The Morgan fingerprint density at radius 1 is 1.24 bits per heavy atom. The van der Waals surface area contributed by atoms with Gasteiger partial charge in [0.15, 0.2) is 0 Å². The molecule has 2 atom stereocenters. The molecule has 1 fully saturated rings. The molecule has 25 heavy (non-hydrogen) atoms. The van der Waals surface area contributed by atoms with Crippen molar-refractivity contribution in [3.8, 4) is 5.88 Å². The van der Waals surface area contributed by atoms with E-state index in [1.54, 1.807) is 18.2 Å².